The lowest BCUT2D eigenvalue weighted by atomic mass is 10.3. The molecule has 0 bridgehead atoms. The summed E-state index contributed by atoms with van der Waals surface area (Å²) in [5.41, 5.74) is 1.72. The van der Waals surface area contributed by atoms with Crippen molar-refractivity contribution in [2.45, 2.75) is 6.92 Å². The van der Waals surface area contributed by atoms with Gasteiger partial charge < -0.3 is 4.98 Å². The van der Waals surface area contributed by atoms with Gasteiger partial charge in [-0.2, -0.15) is 5.26 Å². The van der Waals surface area contributed by atoms with Crippen LogP contribution < -0.4 is 0 Å². The van der Waals surface area contributed by atoms with E-state index in [0.717, 1.165) is 12.0 Å². The molecule has 0 aliphatic carbocycles. The number of carbonyl (C=O) groups is 1. The van der Waals surface area contributed by atoms with Crippen molar-refractivity contribution >= 4 is 6.29 Å². The van der Waals surface area contributed by atoms with Crippen molar-refractivity contribution in [3.05, 3.63) is 23.0 Å². The molecule has 0 atom stereocenters. The zero-order chi connectivity index (χ0) is 7.56. The van der Waals surface area contributed by atoms with E-state index in [4.69, 9.17) is 5.26 Å². The fourth-order valence-electron chi connectivity index (χ4n) is 0.757. The second-order valence-electron chi connectivity index (χ2n) is 1.99. The molecule has 0 aliphatic heterocycles. The molecule has 1 rings (SSSR count). The number of nitrogens with one attached hydrogen (secondary N) is 1. The van der Waals surface area contributed by atoms with Gasteiger partial charge in [-0.3, -0.25) is 4.79 Å². The number of aromatic nitrogens is 1. The molecule has 1 N–H and O–H groups in total. The Labute approximate surface area is 58.3 Å². The highest BCUT2D eigenvalue weighted by Crippen LogP contribution is 2.05. The molecule has 50 valence electrons. The molecule has 0 unspecified atom stereocenters. The molecule has 0 fully saturated rings. The topological polar surface area (TPSA) is 56.6 Å². The third kappa shape index (κ3) is 0.914. The molecule has 1 heterocycles. The number of hydrogen-bond donors (Lipinski definition) is 1. The Bertz CT molecular complexity index is 293. The average Bonchev–Trinajstić information content (AvgIpc) is 2.30. The van der Waals surface area contributed by atoms with Gasteiger partial charge in [0.05, 0.1) is 0 Å². The predicted octanol–water partition coefficient (Wildman–Crippen LogP) is 1.01. The van der Waals surface area contributed by atoms with Crippen molar-refractivity contribution < 1.29 is 4.79 Å². The van der Waals surface area contributed by atoms with E-state index in [1.807, 2.05) is 6.07 Å². The maximum atomic E-state index is 10.2. The minimum Gasteiger partial charge on any atom is -0.350 e. The van der Waals surface area contributed by atoms with Crippen LogP contribution in [0.25, 0.3) is 0 Å². The van der Waals surface area contributed by atoms with Crippen LogP contribution in [0.4, 0.5) is 0 Å². The maximum Gasteiger partial charge on any atom is 0.151 e. The van der Waals surface area contributed by atoms with Crippen molar-refractivity contribution in [1.29, 1.82) is 5.26 Å². The summed E-state index contributed by atoms with van der Waals surface area (Å²) in [6.45, 7) is 1.75. The molecule has 0 amide bonds. The number of nitriles is 1. The van der Waals surface area contributed by atoms with Gasteiger partial charge in [0.1, 0.15) is 11.8 Å². The minimum atomic E-state index is 0.430. The second kappa shape index (κ2) is 2.36. The van der Waals surface area contributed by atoms with Gasteiger partial charge in [0.2, 0.25) is 0 Å². The third-order valence-electron chi connectivity index (χ3n) is 1.30. The molecular weight excluding hydrogens is 128 g/mol. The Morgan fingerprint density at radius 1 is 1.80 bits per heavy atom. The van der Waals surface area contributed by atoms with E-state index in [1.54, 1.807) is 6.92 Å². The lowest BCUT2D eigenvalue weighted by Crippen LogP contribution is -1.77. The molecule has 0 aromatic carbocycles. The van der Waals surface area contributed by atoms with Gasteiger partial charge in [0.15, 0.2) is 6.29 Å². The first kappa shape index (κ1) is 6.56. The van der Waals surface area contributed by atoms with Gasteiger partial charge in [0, 0.05) is 11.3 Å². The molecule has 0 saturated heterocycles. The molecule has 10 heavy (non-hydrogen) atoms. The van der Waals surface area contributed by atoms with Crippen LogP contribution in [0.3, 0.4) is 0 Å². The number of carbonyl (C=O) groups excluding carboxylic acids is 1. The van der Waals surface area contributed by atoms with E-state index in [2.05, 4.69) is 4.98 Å². The SMILES string of the molecule is Cc1[nH]c(C#N)cc1C=O. The molecular formula is C7H6N2O. The monoisotopic (exact) mass is 134 g/mol. The number of rotatable bonds is 1. The third-order valence-corrected chi connectivity index (χ3v) is 1.30. The van der Waals surface area contributed by atoms with Gasteiger partial charge >= 0.3 is 0 Å². The normalized spacial score (nSPS) is 8.80. The molecule has 1 aromatic heterocycles. The highest BCUT2D eigenvalue weighted by Gasteiger charge is 2.00. The van der Waals surface area contributed by atoms with Crippen molar-refractivity contribution in [2.24, 2.45) is 0 Å². The summed E-state index contributed by atoms with van der Waals surface area (Å²) < 4.78 is 0. The maximum absolute atomic E-state index is 10.2. The first-order chi connectivity index (χ1) is 4.77. The second-order valence-corrected chi connectivity index (χ2v) is 1.99. The van der Waals surface area contributed by atoms with E-state index >= 15 is 0 Å². The zero-order valence-corrected chi connectivity index (χ0v) is 5.51. The average molecular weight is 134 g/mol. The number of nitrogens with zero attached hydrogens (tertiary/aromatic N) is 1. The van der Waals surface area contributed by atoms with Crippen molar-refractivity contribution in [3.8, 4) is 6.07 Å². The van der Waals surface area contributed by atoms with E-state index < -0.39 is 0 Å². The Morgan fingerprint density at radius 3 is 2.80 bits per heavy atom. The number of aromatic amines is 1. The minimum absolute atomic E-state index is 0.430. The Kier molecular flexibility index (Phi) is 1.55. The van der Waals surface area contributed by atoms with Crippen molar-refractivity contribution in [1.82, 2.24) is 4.98 Å². The summed E-state index contributed by atoms with van der Waals surface area (Å²) in [5, 5.41) is 8.37. The standard InChI is InChI=1S/C7H6N2O/c1-5-6(4-10)2-7(3-8)9-5/h2,4,9H,1H3. The summed E-state index contributed by atoms with van der Waals surface area (Å²) in [4.78, 5) is 13.0. The molecule has 0 radical (unpaired) electrons. The van der Waals surface area contributed by atoms with Crippen molar-refractivity contribution in [3.63, 3.8) is 0 Å². The largest absolute Gasteiger partial charge is 0.350 e. The van der Waals surface area contributed by atoms with Crippen LogP contribution in [0.2, 0.25) is 0 Å². The predicted molar refractivity (Wildman–Crippen MR) is 35.6 cm³/mol. The smallest absolute Gasteiger partial charge is 0.151 e. The van der Waals surface area contributed by atoms with Gasteiger partial charge in [-0.15, -0.1) is 0 Å². The summed E-state index contributed by atoms with van der Waals surface area (Å²) >= 11 is 0. The van der Waals surface area contributed by atoms with E-state index in [0.29, 0.717) is 11.3 Å². The Balaban J connectivity index is 3.19. The van der Waals surface area contributed by atoms with Gasteiger partial charge in [-0.05, 0) is 13.0 Å². The fourth-order valence-corrected chi connectivity index (χ4v) is 0.757. The van der Waals surface area contributed by atoms with Gasteiger partial charge in [0.25, 0.3) is 0 Å². The summed E-state index contributed by atoms with van der Waals surface area (Å²) in [6, 6.07) is 3.44. The van der Waals surface area contributed by atoms with Crippen LogP contribution in [0.15, 0.2) is 6.07 Å². The number of aryl methyl sites for hydroxylation is 1. The summed E-state index contributed by atoms with van der Waals surface area (Å²) in [7, 11) is 0. The fraction of sp³-hybridized carbons (Fsp3) is 0.143. The summed E-state index contributed by atoms with van der Waals surface area (Å²) in [6.07, 6.45) is 0.729. The quantitative estimate of drug-likeness (QED) is 0.582. The highest BCUT2D eigenvalue weighted by atomic mass is 16.1. The van der Waals surface area contributed by atoms with Crippen LogP contribution in [0.1, 0.15) is 21.7 Å². The van der Waals surface area contributed by atoms with Crippen LogP contribution in [-0.2, 0) is 0 Å². The molecule has 0 saturated carbocycles. The van der Waals surface area contributed by atoms with E-state index in [-0.39, 0.29) is 0 Å². The number of H-pyrrole nitrogens is 1. The lowest BCUT2D eigenvalue weighted by Gasteiger charge is -1.80. The molecule has 3 nitrogen and oxygen atoms in total. The van der Waals surface area contributed by atoms with Crippen molar-refractivity contribution in [2.75, 3.05) is 0 Å². The van der Waals surface area contributed by atoms with Gasteiger partial charge in [-0.1, -0.05) is 0 Å². The molecule has 3 heteroatoms. The Morgan fingerprint density at radius 2 is 2.50 bits per heavy atom. The molecule has 0 spiro atoms. The Hall–Kier alpha value is -1.56. The first-order valence-electron chi connectivity index (χ1n) is 2.83. The number of aldehydes is 1. The van der Waals surface area contributed by atoms with Crippen LogP contribution in [-0.4, -0.2) is 11.3 Å². The molecule has 0 aliphatic rings. The first-order valence-corrected chi connectivity index (χ1v) is 2.83. The van der Waals surface area contributed by atoms with Gasteiger partial charge in [-0.25, -0.2) is 0 Å². The van der Waals surface area contributed by atoms with Crippen LogP contribution >= 0.6 is 0 Å². The zero-order valence-electron chi connectivity index (χ0n) is 5.51. The molecule has 1 aromatic rings. The number of hydrogen-bond acceptors (Lipinski definition) is 2. The highest BCUT2D eigenvalue weighted by molar-refractivity contribution is 5.77. The van der Waals surface area contributed by atoms with E-state index in [1.165, 1.54) is 6.07 Å². The van der Waals surface area contributed by atoms with Crippen LogP contribution in [0, 0.1) is 18.3 Å². The lowest BCUT2D eigenvalue weighted by molar-refractivity contribution is 0.112. The summed E-state index contributed by atoms with van der Waals surface area (Å²) in [5.74, 6) is 0. The van der Waals surface area contributed by atoms with Crippen LogP contribution in [0.5, 0.6) is 0 Å². The van der Waals surface area contributed by atoms with E-state index in [9.17, 15) is 4.79 Å².